The van der Waals surface area contributed by atoms with Crippen LogP contribution in [0.1, 0.15) is 30.6 Å². The van der Waals surface area contributed by atoms with Crippen LogP contribution < -0.4 is 9.80 Å². The number of carbonyl (C=O) groups excluding carboxylic acids is 1. The average Bonchev–Trinajstić information content (AvgIpc) is 2.63. The van der Waals surface area contributed by atoms with E-state index in [1.54, 1.807) is 12.3 Å². The van der Waals surface area contributed by atoms with Crippen LogP contribution in [-0.2, 0) is 0 Å². The third kappa shape index (κ3) is 2.14. The van der Waals surface area contributed by atoms with Crippen molar-refractivity contribution >= 4 is 23.1 Å². The zero-order chi connectivity index (χ0) is 14.8. The highest BCUT2D eigenvalue weighted by Crippen LogP contribution is 2.38. The van der Waals surface area contributed by atoms with Crippen molar-refractivity contribution in [2.75, 3.05) is 22.9 Å². The molecule has 0 aliphatic carbocycles. The Labute approximate surface area is 124 Å². The van der Waals surface area contributed by atoms with Crippen LogP contribution in [0.4, 0.5) is 17.2 Å². The third-order valence-corrected chi connectivity index (χ3v) is 3.66. The Kier molecular flexibility index (Phi) is 3.56. The molecule has 21 heavy (non-hydrogen) atoms. The highest BCUT2D eigenvalue weighted by Gasteiger charge is 2.30. The molecule has 1 aromatic carbocycles. The second-order valence-corrected chi connectivity index (χ2v) is 4.96. The minimum atomic E-state index is -0.00912. The maximum atomic E-state index is 12.9. The van der Waals surface area contributed by atoms with Gasteiger partial charge < -0.3 is 9.80 Å². The molecule has 2 heterocycles. The number of nitrogens with zero attached hydrogens (tertiary/aromatic N) is 4. The van der Waals surface area contributed by atoms with Gasteiger partial charge in [0.05, 0.1) is 23.1 Å². The van der Waals surface area contributed by atoms with Crippen LogP contribution in [0.15, 0.2) is 36.5 Å². The molecule has 0 spiro atoms. The van der Waals surface area contributed by atoms with E-state index in [-0.39, 0.29) is 5.91 Å². The Bertz CT molecular complexity index is 671. The van der Waals surface area contributed by atoms with Gasteiger partial charge in [-0.25, -0.2) is 0 Å². The van der Waals surface area contributed by atoms with Gasteiger partial charge >= 0.3 is 0 Å². The van der Waals surface area contributed by atoms with Crippen molar-refractivity contribution in [3.05, 3.63) is 42.1 Å². The molecule has 3 rings (SSSR count). The van der Waals surface area contributed by atoms with Gasteiger partial charge in [-0.3, -0.25) is 4.79 Å². The molecular formula is C16H18N4O. The minimum Gasteiger partial charge on any atom is -0.323 e. The molecule has 0 bridgehead atoms. The normalized spacial score (nSPS) is 13.7. The average molecular weight is 282 g/mol. The number of benzene rings is 1. The minimum absolute atomic E-state index is 0.00912. The Balaban J connectivity index is 2.27. The molecule has 1 aliphatic heterocycles. The number of aromatic nitrogens is 2. The summed E-state index contributed by atoms with van der Waals surface area (Å²) in [6.45, 7) is 5.55. The molecule has 0 N–H and O–H groups in total. The first kappa shape index (κ1) is 13.5. The van der Waals surface area contributed by atoms with Gasteiger partial charge in [-0.1, -0.05) is 19.1 Å². The summed E-state index contributed by atoms with van der Waals surface area (Å²) in [5.41, 5.74) is 2.54. The maximum absolute atomic E-state index is 12.9. The molecule has 1 aromatic heterocycles. The van der Waals surface area contributed by atoms with Crippen molar-refractivity contribution < 1.29 is 4.79 Å². The molecule has 1 amide bonds. The number of carbonyl (C=O) groups is 1. The number of amides is 1. The zero-order valence-electron chi connectivity index (χ0n) is 12.3. The molecule has 0 fully saturated rings. The summed E-state index contributed by atoms with van der Waals surface area (Å²) in [4.78, 5) is 16.8. The van der Waals surface area contributed by atoms with Gasteiger partial charge in [-0.05, 0) is 31.5 Å². The van der Waals surface area contributed by atoms with E-state index >= 15 is 0 Å². The Morgan fingerprint density at radius 2 is 1.76 bits per heavy atom. The van der Waals surface area contributed by atoms with Crippen LogP contribution in [-0.4, -0.2) is 29.2 Å². The first-order valence-electron chi connectivity index (χ1n) is 7.28. The number of hydrogen-bond acceptors (Lipinski definition) is 4. The van der Waals surface area contributed by atoms with Crippen molar-refractivity contribution in [3.63, 3.8) is 0 Å². The molecule has 0 saturated carbocycles. The zero-order valence-corrected chi connectivity index (χ0v) is 12.3. The molecule has 5 nitrogen and oxygen atoms in total. The molecule has 1 aliphatic rings. The predicted octanol–water partition coefficient (Wildman–Crippen LogP) is 3.00. The summed E-state index contributed by atoms with van der Waals surface area (Å²) in [6, 6.07) is 9.72. The van der Waals surface area contributed by atoms with E-state index in [0.717, 1.165) is 24.3 Å². The summed E-state index contributed by atoms with van der Waals surface area (Å²) < 4.78 is 0. The van der Waals surface area contributed by atoms with Crippen molar-refractivity contribution in [3.8, 4) is 0 Å². The number of para-hydroxylation sites is 2. The van der Waals surface area contributed by atoms with Gasteiger partial charge in [0.15, 0.2) is 5.82 Å². The van der Waals surface area contributed by atoms with Gasteiger partial charge in [0, 0.05) is 13.1 Å². The van der Waals surface area contributed by atoms with E-state index in [9.17, 15) is 4.79 Å². The summed E-state index contributed by atoms with van der Waals surface area (Å²) in [5, 5.41) is 8.16. The second-order valence-electron chi connectivity index (χ2n) is 4.96. The highest BCUT2D eigenvalue weighted by molar-refractivity contribution is 6.13. The largest absolute Gasteiger partial charge is 0.323 e. The monoisotopic (exact) mass is 282 g/mol. The van der Waals surface area contributed by atoms with Crippen molar-refractivity contribution in [1.29, 1.82) is 0 Å². The molecule has 5 heteroatoms. The molecule has 108 valence electrons. The Morgan fingerprint density at radius 3 is 2.43 bits per heavy atom. The lowest BCUT2D eigenvalue weighted by Gasteiger charge is -2.25. The molecule has 0 saturated heterocycles. The summed E-state index contributed by atoms with van der Waals surface area (Å²) >= 11 is 0. The van der Waals surface area contributed by atoms with Gasteiger partial charge in [-0.2, -0.15) is 5.10 Å². The Hall–Kier alpha value is -2.43. The van der Waals surface area contributed by atoms with E-state index in [2.05, 4.69) is 24.0 Å². The van der Waals surface area contributed by atoms with Crippen molar-refractivity contribution in [2.24, 2.45) is 0 Å². The SMILES string of the molecule is CCCN1C(=O)c2ccnnc2N(CC)c2ccccc21. The van der Waals surface area contributed by atoms with Crippen LogP contribution in [0.5, 0.6) is 0 Å². The molecule has 0 atom stereocenters. The van der Waals surface area contributed by atoms with E-state index in [1.807, 2.05) is 34.1 Å². The fraction of sp³-hybridized carbons (Fsp3) is 0.312. The summed E-state index contributed by atoms with van der Waals surface area (Å²) in [7, 11) is 0. The first-order chi connectivity index (χ1) is 10.3. The van der Waals surface area contributed by atoms with E-state index in [4.69, 9.17) is 0 Å². The smallest absolute Gasteiger partial charge is 0.262 e. The number of rotatable bonds is 3. The maximum Gasteiger partial charge on any atom is 0.262 e. The number of hydrogen-bond donors (Lipinski definition) is 0. The second kappa shape index (κ2) is 5.52. The first-order valence-corrected chi connectivity index (χ1v) is 7.28. The quantitative estimate of drug-likeness (QED) is 0.868. The van der Waals surface area contributed by atoms with E-state index < -0.39 is 0 Å². The molecule has 0 radical (unpaired) electrons. The standard InChI is InChI=1S/C16H18N4O/c1-3-11-20-14-8-6-5-7-13(14)19(4-2)15-12(16(20)21)9-10-17-18-15/h5-10H,3-4,11H2,1-2H3. The Morgan fingerprint density at radius 1 is 1.05 bits per heavy atom. The van der Waals surface area contributed by atoms with Gasteiger partial charge in [0.25, 0.3) is 5.91 Å². The van der Waals surface area contributed by atoms with Gasteiger partial charge in [-0.15, -0.1) is 5.10 Å². The lowest BCUT2D eigenvalue weighted by Crippen LogP contribution is -2.31. The summed E-state index contributed by atoms with van der Waals surface area (Å²) in [6.07, 6.45) is 2.48. The predicted molar refractivity (Wildman–Crippen MR) is 83.1 cm³/mol. The third-order valence-electron chi connectivity index (χ3n) is 3.66. The van der Waals surface area contributed by atoms with Crippen LogP contribution in [0, 0.1) is 0 Å². The summed E-state index contributed by atoms with van der Waals surface area (Å²) in [5.74, 6) is 0.626. The lowest BCUT2D eigenvalue weighted by molar-refractivity contribution is 0.0988. The van der Waals surface area contributed by atoms with Crippen LogP contribution >= 0.6 is 0 Å². The van der Waals surface area contributed by atoms with Crippen LogP contribution in [0.2, 0.25) is 0 Å². The lowest BCUT2D eigenvalue weighted by atomic mass is 10.2. The van der Waals surface area contributed by atoms with E-state index in [1.165, 1.54) is 0 Å². The van der Waals surface area contributed by atoms with Gasteiger partial charge in [0.1, 0.15) is 0 Å². The van der Waals surface area contributed by atoms with Crippen LogP contribution in [0.25, 0.3) is 0 Å². The van der Waals surface area contributed by atoms with Gasteiger partial charge in [0.2, 0.25) is 0 Å². The topological polar surface area (TPSA) is 49.3 Å². The fourth-order valence-corrected chi connectivity index (χ4v) is 2.75. The number of anilines is 3. The fourth-order valence-electron chi connectivity index (χ4n) is 2.75. The number of fused-ring (bicyclic) bond motifs is 2. The van der Waals surface area contributed by atoms with Crippen LogP contribution in [0.3, 0.4) is 0 Å². The molecular weight excluding hydrogens is 264 g/mol. The molecule has 0 unspecified atom stereocenters. The van der Waals surface area contributed by atoms with Crippen molar-refractivity contribution in [1.82, 2.24) is 10.2 Å². The highest BCUT2D eigenvalue weighted by atomic mass is 16.2. The molecule has 2 aromatic rings. The van der Waals surface area contributed by atoms with Crippen molar-refractivity contribution in [2.45, 2.75) is 20.3 Å². The van der Waals surface area contributed by atoms with E-state index in [0.29, 0.717) is 17.9 Å².